The standard InChI is InChI=1S/C29H31N3O4/c1-29(2)17-23-24(25(33)18-29)19-32(20-8-5-4-6-9-20)28(35)26(23)27(34)31-14-12-30(13-15-31)21-10-7-11-22(16-21)36-3/h4-11,16,19H,12-15,17-18H2,1-3H3. The van der Waals surface area contributed by atoms with Crippen LogP contribution in [0, 0.1) is 5.41 Å². The van der Waals surface area contributed by atoms with Crippen LogP contribution in [0.25, 0.3) is 5.69 Å². The van der Waals surface area contributed by atoms with Gasteiger partial charge < -0.3 is 14.5 Å². The fourth-order valence-corrected chi connectivity index (χ4v) is 5.28. The van der Waals surface area contributed by atoms with Crippen LogP contribution in [-0.2, 0) is 6.42 Å². The third-order valence-corrected chi connectivity index (χ3v) is 7.15. The highest BCUT2D eigenvalue weighted by atomic mass is 16.5. The maximum absolute atomic E-state index is 13.9. The van der Waals surface area contributed by atoms with Gasteiger partial charge in [-0.25, -0.2) is 0 Å². The molecule has 1 aliphatic carbocycles. The zero-order valence-corrected chi connectivity index (χ0v) is 21.0. The lowest BCUT2D eigenvalue weighted by molar-refractivity contribution is 0.0742. The maximum atomic E-state index is 13.9. The molecule has 0 atom stereocenters. The molecular weight excluding hydrogens is 454 g/mol. The van der Waals surface area contributed by atoms with Crippen molar-refractivity contribution < 1.29 is 14.3 Å². The molecule has 1 saturated heterocycles. The summed E-state index contributed by atoms with van der Waals surface area (Å²) in [6.45, 7) is 6.29. The van der Waals surface area contributed by atoms with Crippen LogP contribution in [0.1, 0.15) is 46.5 Å². The van der Waals surface area contributed by atoms with Crippen LogP contribution in [0.4, 0.5) is 5.69 Å². The first-order chi connectivity index (χ1) is 17.3. The molecule has 0 radical (unpaired) electrons. The number of carbonyl (C=O) groups is 2. The summed E-state index contributed by atoms with van der Waals surface area (Å²) in [6, 6.07) is 17.0. The van der Waals surface area contributed by atoms with Crippen LogP contribution >= 0.6 is 0 Å². The molecule has 0 saturated carbocycles. The number of anilines is 1. The van der Waals surface area contributed by atoms with Crippen LogP contribution in [0.2, 0.25) is 0 Å². The molecule has 1 amide bonds. The summed E-state index contributed by atoms with van der Waals surface area (Å²) in [5, 5.41) is 0. The molecule has 2 heterocycles. The van der Waals surface area contributed by atoms with Crippen molar-refractivity contribution in [1.29, 1.82) is 0 Å². The Morgan fingerprint density at radius 2 is 1.58 bits per heavy atom. The van der Waals surface area contributed by atoms with E-state index in [4.69, 9.17) is 4.74 Å². The number of piperazine rings is 1. The quantitative estimate of drug-likeness (QED) is 0.559. The van der Waals surface area contributed by atoms with Gasteiger partial charge in [0.15, 0.2) is 5.78 Å². The summed E-state index contributed by atoms with van der Waals surface area (Å²) in [5.41, 5.74) is 2.20. The first-order valence-electron chi connectivity index (χ1n) is 12.3. The van der Waals surface area contributed by atoms with Gasteiger partial charge in [-0.05, 0) is 41.7 Å². The zero-order valence-electron chi connectivity index (χ0n) is 21.0. The molecule has 0 spiro atoms. The van der Waals surface area contributed by atoms with Crippen LogP contribution in [0.3, 0.4) is 0 Å². The summed E-state index contributed by atoms with van der Waals surface area (Å²) in [4.78, 5) is 44.8. The van der Waals surface area contributed by atoms with Crippen LogP contribution < -0.4 is 15.2 Å². The molecule has 0 N–H and O–H groups in total. The van der Waals surface area contributed by atoms with Gasteiger partial charge >= 0.3 is 0 Å². The minimum atomic E-state index is -0.370. The highest BCUT2D eigenvalue weighted by Gasteiger charge is 2.37. The Hall–Kier alpha value is -3.87. The Balaban J connectivity index is 1.50. The molecule has 7 nitrogen and oxygen atoms in total. The Kier molecular flexibility index (Phi) is 6.16. The van der Waals surface area contributed by atoms with E-state index in [-0.39, 0.29) is 28.2 Å². The monoisotopic (exact) mass is 485 g/mol. The molecule has 3 aromatic rings. The molecule has 0 bridgehead atoms. The molecular formula is C29H31N3O4. The van der Waals surface area contributed by atoms with Crippen molar-refractivity contribution >= 4 is 17.4 Å². The predicted molar refractivity (Wildman–Crippen MR) is 140 cm³/mol. The number of methoxy groups -OCH3 is 1. The van der Waals surface area contributed by atoms with Gasteiger partial charge in [0.2, 0.25) is 0 Å². The third-order valence-electron chi connectivity index (χ3n) is 7.15. The summed E-state index contributed by atoms with van der Waals surface area (Å²) in [6.07, 6.45) is 2.53. The van der Waals surface area contributed by atoms with E-state index in [0.29, 0.717) is 55.8 Å². The fourth-order valence-electron chi connectivity index (χ4n) is 5.28. The number of benzene rings is 2. The second kappa shape index (κ2) is 9.30. The number of ether oxygens (including phenoxy) is 1. The Morgan fingerprint density at radius 1 is 0.889 bits per heavy atom. The minimum absolute atomic E-state index is 0.0252. The molecule has 7 heteroatoms. The molecule has 2 aromatic carbocycles. The number of amides is 1. The van der Waals surface area contributed by atoms with Gasteiger partial charge in [-0.1, -0.05) is 38.1 Å². The molecule has 1 aromatic heterocycles. The van der Waals surface area contributed by atoms with Crippen molar-refractivity contribution in [2.24, 2.45) is 5.41 Å². The summed E-state index contributed by atoms with van der Waals surface area (Å²) in [7, 11) is 1.64. The van der Waals surface area contributed by atoms with Crippen molar-refractivity contribution in [3.05, 3.63) is 87.8 Å². The Labute approximate surface area is 210 Å². The van der Waals surface area contributed by atoms with E-state index < -0.39 is 0 Å². The lowest BCUT2D eigenvalue weighted by Gasteiger charge is -2.37. The summed E-state index contributed by atoms with van der Waals surface area (Å²) >= 11 is 0. The smallest absolute Gasteiger partial charge is 0.268 e. The third kappa shape index (κ3) is 4.41. The van der Waals surface area contributed by atoms with E-state index in [1.165, 1.54) is 4.57 Å². The van der Waals surface area contributed by atoms with E-state index in [2.05, 4.69) is 4.90 Å². The lowest BCUT2D eigenvalue weighted by Crippen LogP contribution is -2.50. The van der Waals surface area contributed by atoms with Crippen LogP contribution in [0.5, 0.6) is 5.75 Å². The Bertz CT molecular complexity index is 1370. The number of carbonyl (C=O) groups excluding carboxylic acids is 2. The molecule has 1 fully saturated rings. The van der Waals surface area contributed by atoms with Crippen molar-refractivity contribution in [1.82, 2.24) is 9.47 Å². The number of para-hydroxylation sites is 1. The number of ketones is 1. The normalized spacial score (nSPS) is 17.0. The van der Waals surface area contributed by atoms with Crippen molar-refractivity contribution in [2.45, 2.75) is 26.7 Å². The van der Waals surface area contributed by atoms with Crippen LogP contribution in [0.15, 0.2) is 65.6 Å². The first-order valence-corrected chi connectivity index (χ1v) is 12.3. The topological polar surface area (TPSA) is 71.8 Å². The molecule has 1 aliphatic heterocycles. The fraction of sp³-hybridized carbons (Fsp3) is 0.345. The number of aromatic nitrogens is 1. The second-order valence-electron chi connectivity index (χ2n) is 10.3. The van der Waals surface area contributed by atoms with Crippen molar-refractivity contribution in [3.63, 3.8) is 0 Å². The highest BCUT2D eigenvalue weighted by molar-refractivity contribution is 6.04. The SMILES string of the molecule is COc1cccc(N2CCN(C(=O)c3c4c(cn(-c5ccccc5)c3=O)C(=O)CC(C)(C)C4)CC2)c1. The molecule has 186 valence electrons. The Morgan fingerprint density at radius 3 is 2.28 bits per heavy atom. The van der Waals surface area contributed by atoms with E-state index in [1.54, 1.807) is 18.2 Å². The number of nitrogens with zero attached hydrogens (tertiary/aromatic N) is 3. The van der Waals surface area contributed by atoms with Gasteiger partial charge in [-0.2, -0.15) is 0 Å². The predicted octanol–water partition coefficient (Wildman–Crippen LogP) is 3.96. The van der Waals surface area contributed by atoms with Gasteiger partial charge in [0.1, 0.15) is 11.3 Å². The molecule has 2 aliphatic rings. The zero-order chi connectivity index (χ0) is 25.4. The van der Waals surface area contributed by atoms with Gasteiger partial charge in [-0.3, -0.25) is 19.0 Å². The van der Waals surface area contributed by atoms with Gasteiger partial charge in [0, 0.05) is 61.8 Å². The van der Waals surface area contributed by atoms with Crippen LogP contribution in [-0.4, -0.2) is 54.4 Å². The number of fused-ring (bicyclic) bond motifs is 1. The van der Waals surface area contributed by atoms with Gasteiger partial charge in [0.25, 0.3) is 11.5 Å². The average Bonchev–Trinajstić information content (AvgIpc) is 2.88. The summed E-state index contributed by atoms with van der Waals surface area (Å²) in [5.74, 6) is 0.468. The maximum Gasteiger partial charge on any atom is 0.268 e. The van der Waals surface area contributed by atoms with E-state index >= 15 is 0 Å². The van der Waals surface area contributed by atoms with Crippen molar-refractivity contribution in [2.75, 3.05) is 38.2 Å². The molecule has 0 unspecified atom stereocenters. The minimum Gasteiger partial charge on any atom is -0.497 e. The van der Waals surface area contributed by atoms with E-state index in [9.17, 15) is 14.4 Å². The number of rotatable bonds is 4. The number of Topliss-reactive ketones (excluding diaryl/α,β-unsaturated/α-hetero) is 1. The number of hydrogen-bond acceptors (Lipinski definition) is 5. The lowest BCUT2D eigenvalue weighted by atomic mass is 9.73. The molecule has 5 rings (SSSR count). The van der Waals surface area contributed by atoms with E-state index in [0.717, 1.165) is 11.4 Å². The largest absolute Gasteiger partial charge is 0.497 e. The number of pyridine rings is 1. The van der Waals surface area contributed by atoms with Gasteiger partial charge in [0.05, 0.1) is 7.11 Å². The number of hydrogen-bond donors (Lipinski definition) is 0. The average molecular weight is 486 g/mol. The highest BCUT2D eigenvalue weighted by Crippen LogP contribution is 2.36. The van der Waals surface area contributed by atoms with Gasteiger partial charge in [-0.15, -0.1) is 0 Å². The summed E-state index contributed by atoms with van der Waals surface area (Å²) < 4.78 is 6.80. The first kappa shape index (κ1) is 23.9. The van der Waals surface area contributed by atoms with E-state index in [1.807, 2.05) is 68.4 Å². The van der Waals surface area contributed by atoms with Crippen molar-refractivity contribution in [3.8, 4) is 11.4 Å². The molecule has 36 heavy (non-hydrogen) atoms. The second-order valence-corrected chi connectivity index (χ2v) is 10.3.